The minimum atomic E-state index is -3.67. The molecule has 2 aromatic heterocycles. The van der Waals surface area contributed by atoms with Crippen molar-refractivity contribution >= 4 is 10.0 Å². The first-order valence-electron chi connectivity index (χ1n) is 6.28. The summed E-state index contributed by atoms with van der Waals surface area (Å²) in [5, 5.41) is 5.10. The molecule has 0 amide bonds. The third-order valence-electron chi connectivity index (χ3n) is 3.12. The third kappa shape index (κ3) is 2.72. The summed E-state index contributed by atoms with van der Waals surface area (Å²) >= 11 is 0. The van der Waals surface area contributed by atoms with E-state index in [9.17, 15) is 8.42 Å². The van der Waals surface area contributed by atoms with E-state index in [1.54, 1.807) is 18.3 Å². The highest BCUT2D eigenvalue weighted by atomic mass is 32.2. The van der Waals surface area contributed by atoms with Crippen LogP contribution in [0.15, 0.2) is 71.9 Å². The summed E-state index contributed by atoms with van der Waals surface area (Å²) in [6, 6.07) is 16.0. The van der Waals surface area contributed by atoms with Gasteiger partial charge >= 0.3 is 0 Å². The lowest BCUT2D eigenvalue weighted by atomic mass is 10.2. The van der Waals surface area contributed by atoms with Crippen molar-refractivity contribution in [1.82, 2.24) is 9.55 Å². The highest BCUT2D eigenvalue weighted by Crippen LogP contribution is 2.22. The van der Waals surface area contributed by atoms with Gasteiger partial charge in [0.1, 0.15) is 0 Å². The molecule has 0 saturated heterocycles. The second-order valence-electron chi connectivity index (χ2n) is 4.52. The molecule has 3 rings (SSSR count). The molecule has 0 saturated carbocycles. The molecule has 0 spiro atoms. The highest BCUT2D eigenvalue weighted by molar-refractivity contribution is 7.89. The molecule has 1 aromatic carbocycles. The molecule has 21 heavy (non-hydrogen) atoms. The van der Waals surface area contributed by atoms with Gasteiger partial charge in [-0.1, -0.05) is 6.07 Å². The lowest BCUT2D eigenvalue weighted by molar-refractivity contribution is 0.598. The van der Waals surface area contributed by atoms with Crippen molar-refractivity contribution in [2.75, 3.05) is 0 Å². The van der Waals surface area contributed by atoms with Gasteiger partial charge in [-0.05, 0) is 48.5 Å². The smallest absolute Gasteiger partial charge is 0.238 e. The molecule has 106 valence electrons. The van der Waals surface area contributed by atoms with Crippen LogP contribution >= 0.6 is 0 Å². The van der Waals surface area contributed by atoms with Gasteiger partial charge in [0.05, 0.1) is 16.3 Å². The van der Waals surface area contributed by atoms with E-state index in [4.69, 9.17) is 5.14 Å². The summed E-state index contributed by atoms with van der Waals surface area (Å²) in [4.78, 5) is 4.42. The van der Waals surface area contributed by atoms with Gasteiger partial charge in [-0.25, -0.2) is 13.6 Å². The Morgan fingerprint density at radius 3 is 2.33 bits per heavy atom. The average Bonchev–Trinajstić information content (AvgIpc) is 2.97. The number of hydrogen-bond donors (Lipinski definition) is 1. The number of aromatic nitrogens is 2. The van der Waals surface area contributed by atoms with E-state index in [1.165, 1.54) is 12.1 Å². The molecule has 3 aromatic rings. The Labute approximate surface area is 122 Å². The van der Waals surface area contributed by atoms with Crippen molar-refractivity contribution < 1.29 is 8.42 Å². The van der Waals surface area contributed by atoms with Crippen LogP contribution in [0.1, 0.15) is 0 Å². The first-order valence-corrected chi connectivity index (χ1v) is 7.82. The van der Waals surface area contributed by atoms with Crippen LogP contribution in [0.25, 0.3) is 17.1 Å². The number of nitrogens with zero attached hydrogens (tertiary/aromatic N) is 2. The fourth-order valence-electron chi connectivity index (χ4n) is 2.13. The predicted octanol–water partition coefficient (Wildman–Crippen LogP) is 2.19. The summed E-state index contributed by atoms with van der Waals surface area (Å²) in [6.45, 7) is 0. The summed E-state index contributed by atoms with van der Waals surface area (Å²) in [7, 11) is -3.67. The third-order valence-corrected chi connectivity index (χ3v) is 4.05. The fraction of sp³-hybridized carbons (Fsp3) is 0. The number of nitrogens with two attached hydrogens (primary N) is 1. The number of pyridine rings is 1. The van der Waals surface area contributed by atoms with Gasteiger partial charge < -0.3 is 4.57 Å². The van der Waals surface area contributed by atoms with Gasteiger partial charge in [-0.2, -0.15) is 0 Å². The van der Waals surface area contributed by atoms with Gasteiger partial charge in [0.25, 0.3) is 0 Å². The van der Waals surface area contributed by atoms with Crippen LogP contribution in [0.4, 0.5) is 0 Å². The van der Waals surface area contributed by atoms with Crippen LogP contribution in [-0.2, 0) is 10.0 Å². The maximum absolute atomic E-state index is 11.3. The Balaban J connectivity index is 2.05. The monoisotopic (exact) mass is 299 g/mol. The first kappa shape index (κ1) is 13.5. The van der Waals surface area contributed by atoms with Gasteiger partial charge in [0, 0.05) is 18.1 Å². The van der Waals surface area contributed by atoms with E-state index < -0.39 is 10.0 Å². The highest BCUT2D eigenvalue weighted by Gasteiger charge is 2.09. The van der Waals surface area contributed by atoms with Gasteiger partial charge in [0.2, 0.25) is 10.0 Å². The van der Waals surface area contributed by atoms with Crippen LogP contribution in [0.3, 0.4) is 0 Å². The summed E-state index contributed by atoms with van der Waals surface area (Å²) in [5.41, 5.74) is 2.62. The molecule has 0 atom stereocenters. The molecule has 0 fully saturated rings. The van der Waals surface area contributed by atoms with Gasteiger partial charge in [-0.3, -0.25) is 4.98 Å². The van der Waals surface area contributed by atoms with Crippen LogP contribution in [0, 0.1) is 0 Å². The van der Waals surface area contributed by atoms with Crippen molar-refractivity contribution in [2.45, 2.75) is 4.90 Å². The topological polar surface area (TPSA) is 78.0 Å². The summed E-state index contributed by atoms with van der Waals surface area (Å²) in [5.74, 6) is 0. The Morgan fingerprint density at radius 1 is 0.952 bits per heavy atom. The number of primary sulfonamides is 1. The van der Waals surface area contributed by atoms with Crippen molar-refractivity contribution in [3.63, 3.8) is 0 Å². The van der Waals surface area contributed by atoms with Crippen LogP contribution in [0.2, 0.25) is 0 Å². The SMILES string of the molecule is NS(=O)(=O)c1ccc(-n2cccc2-c2ccccn2)cc1. The number of hydrogen-bond acceptors (Lipinski definition) is 3. The molecular weight excluding hydrogens is 286 g/mol. The largest absolute Gasteiger partial charge is 0.315 e. The summed E-state index contributed by atoms with van der Waals surface area (Å²) < 4.78 is 24.5. The zero-order chi connectivity index (χ0) is 14.9. The summed E-state index contributed by atoms with van der Waals surface area (Å²) in [6.07, 6.45) is 3.63. The second kappa shape index (κ2) is 5.16. The van der Waals surface area contributed by atoms with Crippen molar-refractivity contribution in [1.29, 1.82) is 0 Å². The number of benzene rings is 1. The Bertz CT molecular complexity index is 853. The van der Waals surface area contributed by atoms with Crippen molar-refractivity contribution in [3.8, 4) is 17.1 Å². The molecule has 0 aliphatic rings. The van der Waals surface area contributed by atoms with E-state index in [-0.39, 0.29) is 4.90 Å². The lowest BCUT2D eigenvalue weighted by Gasteiger charge is -2.09. The normalized spacial score (nSPS) is 11.5. The molecule has 6 heteroatoms. The zero-order valence-corrected chi connectivity index (χ0v) is 11.9. The van der Waals surface area contributed by atoms with E-state index in [1.807, 2.05) is 41.1 Å². The Kier molecular flexibility index (Phi) is 3.32. The van der Waals surface area contributed by atoms with Gasteiger partial charge in [-0.15, -0.1) is 0 Å². The standard InChI is InChI=1S/C15H13N3O2S/c16-21(19,20)13-8-6-12(7-9-13)18-11-3-5-15(18)14-4-1-2-10-17-14/h1-11H,(H2,16,19,20). The molecular formula is C15H13N3O2S. The quantitative estimate of drug-likeness (QED) is 0.805. The molecule has 0 bridgehead atoms. The van der Waals surface area contributed by atoms with Crippen molar-refractivity contribution in [2.24, 2.45) is 5.14 Å². The van der Waals surface area contributed by atoms with E-state index in [2.05, 4.69) is 4.98 Å². The van der Waals surface area contributed by atoms with E-state index >= 15 is 0 Å². The molecule has 5 nitrogen and oxygen atoms in total. The number of rotatable bonds is 3. The molecule has 0 radical (unpaired) electrons. The number of sulfonamides is 1. The molecule has 2 heterocycles. The van der Waals surface area contributed by atoms with Crippen molar-refractivity contribution in [3.05, 3.63) is 67.0 Å². The average molecular weight is 299 g/mol. The zero-order valence-electron chi connectivity index (χ0n) is 11.0. The van der Waals surface area contributed by atoms with E-state index in [0.29, 0.717) is 0 Å². The lowest BCUT2D eigenvalue weighted by Crippen LogP contribution is -2.12. The minimum absolute atomic E-state index is 0.0952. The van der Waals surface area contributed by atoms with Crippen LogP contribution in [0.5, 0.6) is 0 Å². The maximum atomic E-state index is 11.3. The Morgan fingerprint density at radius 2 is 1.71 bits per heavy atom. The maximum Gasteiger partial charge on any atom is 0.238 e. The predicted molar refractivity (Wildman–Crippen MR) is 80.4 cm³/mol. The van der Waals surface area contributed by atoms with E-state index in [0.717, 1.165) is 17.1 Å². The molecule has 0 aliphatic heterocycles. The van der Waals surface area contributed by atoms with Gasteiger partial charge in [0.15, 0.2) is 0 Å². The minimum Gasteiger partial charge on any atom is -0.315 e. The Hall–Kier alpha value is -2.44. The molecule has 2 N–H and O–H groups in total. The first-order chi connectivity index (χ1) is 10.1. The molecule has 0 unspecified atom stereocenters. The van der Waals surface area contributed by atoms with Crippen LogP contribution < -0.4 is 5.14 Å². The van der Waals surface area contributed by atoms with Crippen LogP contribution in [-0.4, -0.2) is 18.0 Å². The second-order valence-corrected chi connectivity index (χ2v) is 6.08. The molecule has 0 aliphatic carbocycles. The fourth-order valence-corrected chi connectivity index (χ4v) is 2.64.